The van der Waals surface area contributed by atoms with E-state index in [0.717, 1.165) is 43.3 Å². The van der Waals surface area contributed by atoms with E-state index in [1.807, 2.05) is 19.1 Å². The first-order valence-electron chi connectivity index (χ1n) is 6.15. The van der Waals surface area contributed by atoms with Gasteiger partial charge in [-0.3, -0.25) is 9.88 Å². The molecule has 2 rings (SSSR count). The van der Waals surface area contributed by atoms with Crippen LogP contribution in [0, 0.1) is 6.92 Å². The summed E-state index contributed by atoms with van der Waals surface area (Å²) in [6, 6.07) is 4.56. The summed E-state index contributed by atoms with van der Waals surface area (Å²) < 4.78 is 5.28. The summed E-state index contributed by atoms with van der Waals surface area (Å²) in [5.41, 5.74) is 2.11. The lowest BCUT2D eigenvalue weighted by Gasteiger charge is -2.33. The third-order valence-electron chi connectivity index (χ3n) is 3.22. The SMILES string of the molecule is COc1cc(C)nc(CN2CCNC[C@@H]2C)c1. The van der Waals surface area contributed by atoms with Crippen LogP contribution in [0.1, 0.15) is 18.3 Å². The molecule has 17 heavy (non-hydrogen) atoms. The highest BCUT2D eigenvalue weighted by molar-refractivity contribution is 5.26. The van der Waals surface area contributed by atoms with Crippen molar-refractivity contribution in [3.05, 3.63) is 23.5 Å². The summed E-state index contributed by atoms with van der Waals surface area (Å²) in [5.74, 6) is 0.898. The van der Waals surface area contributed by atoms with Gasteiger partial charge in [-0.25, -0.2) is 0 Å². The van der Waals surface area contributed by atoms with Crippen molar-refractivity contribution in [1.29, 1.82) is 0 Å². The molecule has 2 heterocycles. The smallest absolute Gasteiger partial charge is 0.122 e. The van der Waals surface area contributed by atoms with Crippen molar-refractivity contribution in [1.82, 2.24) is 15.2 Å². The molecule has 1 atom stereocenters. The van der Waals surface area contributed by atoms with Crippen LogP contribution in [-0.4, -0.2) is 42.7 Å². The van der Waals surface area contributed by atoms with E-state index in [4.69, 9.17) is 4.74 Å². The monoisotopic (exact) mass is 235 g/mol. The molecule has 1 fully saturated rings. The zero-order chi connectivity index (χ0) is 12.3. The van der Waals surface area contributed by atoms with Gasteiger partial charge in [0.15, 0.2) is 0 Å². The van der Waals surface area contributed by atoms with Gasteiger partial charge in [-0.15, -0.1) is 0 Å². The first-order valence-corrected chi connectivity index (χ1v) is 6.15. The zero-order valence-corrected chi connectivity index (χ0v) is 10.9. The third kappa shape index (κ3) is 3.17. The molecular formula is C13H21N3O. The van der Waals surface area contributed by atoms with Gasteiger partial charge in [0.2, 0.25) is 0 Å². The van der Waals surface area contributed by atoms with Crippen molar-refractivity contribution in [2.24, 2.45) is 0 Å². The topological polar surface area (TPSA) is 37.4 Å². The van der Waals surface area contributed by atoms with Gasteiger partial charge in [0, 0.05) is 50.0 Å². The number of rotatable bonds is 3. The van der Waals surface area contributed by atoms with E-state index in [0.29, 0.717) is 6.04 Å². The summed E-state index contributed by atoms with van der Waals surface area (Å²) in [4.78, 5) is 7.02. The van der Waals surface area contributed by atoms with Crippen LogP contribution < -0.4 is 10.1 Å². The predicted octanol–water partition coefficient (Wildman–Crippen LogP) is 1.19. The Hall–Kier alpha value is -1.13. The van der Waals surface area contributed by atoms with Crippen LogP contribution in [-0.2, 0) is 6.54 Å². The van der Waals surface area contributed by atoms with Gasteiger partial charge in [-0.05, 0) is 13.8 Å². The lowest BCUT2D eigenvalue weighted by molar-refractivity contribution is 0.163. The summed E-state index contributed by atoms with van der Waals surface area (Å²) in [6.45, 7) is 8.36. The second kappa shape index (κ2) is 5.47. The second-order valence-electron chi connectivity index (χ2n) is 4.66. The van der Waals surface area contributed by atoms with E-state index >= 15 is 0 Å². The van der Waals surface area contributed by atoms with Crippen LogP contribution in [0.4, 0.5) is 0 Å². The first kappa shape index (κ1) is 12.3. The van der Waals surface area contributed by atoms with Crippen molar-refractivity contribution in [3.8, 4) is 5.75 Å². The Morgan fingerprint density at radius 3 is 3.06 bits per heavy atom. The molecule has 1 aromatic rings. The number of hydrogen-bond donors (Lipinski definition) is 1. The molecule has 4 nitrogen and oxygen atoms in total. The highest BCUT2D eigenvalue weighted by Crippen LogP contribution is 2.16. The van der Waals surface area contributed by atoms with Crippen LogP contribution in [0.15, 0.2) is 12.1 Å². The molecule has 0 unspecified atom stereocenters. The third-order valence-corrected chi connectivity index (χ3v) is 3.22. The quantitative estimate of drug-likeness (QED) is 0.854. The minimum Gasteiger partial charge on any atom is -0.497 e. The fourth-order valence-electron chi connectivity index (χ4n) is 2.23. The highest BCUT2D eigenvalue weighted by Gasteiger charge is 2.18. The number of pyridine rings is 1. The highest BCUT2D eigenvalue weighted by atomic mass is 16.5. The van der Waals surface area contributed by atoms with Gasteiger partial charge in [0.05, 0.1) is 12.8 Å². The molecular weight excluding hydrogens is 214 g/mol. The number of nitrogens with zero attached hydrogens (tertiary/aromatic N) is 2. The molecule has 0 aliphatic carbocycles. The molecule has 0 aromatic carbocycles. The average molecular weight is 235 g/mol. The van der Waals surface area contributed by atoms with Gasteiger partial charge in [0.25, 0.3) is 0 Å². The normalized spacial score (nSPS) is 21.5. The van der Waals surface area contributed by atoms with E-state index < -0.39 is 0 Å². The van der Waals surface area contributed by atoms with Crippen molar-refractivity contribution >= 4 is 0 Å². The number of aryl methyl sites for hydroxylation is 1. The molecule has 1 aromatic heterocycles. The molecule has 1 N–H and O–H groups in total. The fraction of sp³-hybridized carbons (Fsp3) is 0.615. The molecule has 1 aliphatic rings. The molecule has 1 saturated heterocycles. The molecule has 0 radical (unpaired) electrons. The molecule has 1 aliphatic heterocycles. The number of piperazine rings is 1. The standard InChI is InChI=1S/C13H21N3O/c1-10-6-13(17-3)7-12(15-10)9-16-5-4-14-8-11(16)2/h6-7,11,14H,4-5,8-9H2,1-3H3/t11-/m0/s1. The van der Waals surface area contributed by atoms with E-state index in [9.17, 15) is 0 Å². The second-order valence-corrected chi connectivity index (χ2v) is 4.66. The fourth-order valence-corrected chi connectivity index (χ4v) is 2.23. The molecule has 0 bridgehead atoms. The van der Waals surface area contributed by atoms with Crippen molar-refractivity contribution in [2.75, 3.05) is 26.7 Å². The van der Waals surface area contributed by atoms with Gasteiger partial charge in [0.1, 0.15) is 5.75 Å². The van der Waals surface area contributed by atoms with Crippen LogP contribution in [0.25, 0.3) is 0 Å². The Morgan fingerprint density at radius 2 is 2.35 bits per heavy atom. The largest absolute Gasteiger partial charge is 0.497 e. The predicted molar refractivity (Wildman–Crippen MR) is 68.3 cm³/mol. The zero-order valence-electron chi connectivity index (χ0n) is 10.9. The van der Waals surface area contributed by atoms with E-state index in [2.05, 4.69) is 22.1 Å². The van der Waals surface area contributed by atoms with Crippen molar-refractivity contribution in [2.45, 2.75) is 26.4 Å². The van der Waals surface area contributed by atoms with Gasteiger partial charge in [-0.1, -0.05) is 0 Å². The Labute approximate surface area is 103 Å². The number of ether oxygens (including phenoxy) is 1. The Bertz CT molecular complexity index is 381. The van der Waals surface area contributed by atoms with E-state index in [1.165, 1.54) is 0 Å². The van der Waals surface area contributed by atoms with Gasteiger partial charge in [-0.2, -0.15) is 0 Å². The molecule has 0 spiro atoms. The molecule has 0 saturated carbocycles. The lowest BCUT2D eigenvalue weighted by Crippen LogP contribution is -2.49. The maximum atomic E-state index is 5.28. The van der Waals surface area contributed by atoms with Crippen LogP contribution in [0.5, 0.6) is 5.75 Å². The summed E-state index contributed by atoms with van der Waals surface area (Å²) in [6.07, 6.45) is 0. The Balaban J connectivity index is 2.09. The number of hydrogen-bond acceptors (Lipinski definition) is 4. The Kier molecular flexibility index (Phi) is 3.97. The van der Waals surface area contributed by atoms with Gasteiger partial charge < -0.3 is 10.1 Å². The van der Waals surface area contributed by atoms with Crippen molar-refractivity contribution in [3.63, 3.8) is 0 Å². The summed E-state index contributed by atoms with van der Waals surface area (Å²) in [5, 5.41) is 3.40. The van der Waals surface area contributed by atoms with Gasteiger partial charge >= 0.3 is 0 Å². The van der Waals surface area contributed by atoms with E-state index in [-0.39, 0.29) is 0 Å². The maximum Gasteiger partial charge on any atom is 0.122 e. The molecule has 0 amide bonds. The maximum absolute atomic E-state index is 5.28. The first-order chi connectivity index (χ1) is 8.19. The van der Waals surface area contributed by atoms with Crippen molar-refractivity contribution < 1.29 is 4.74 Å². The van der Waals surface area contributed by atoms with Crippen LogP contribution in [0.2, 0.25) is 0 Å². The number of methoxy groups -OCH3 is 1. The summed E-state index contributed by atoms with van der Waals surface area (Å²) >= 11 is 0. The van der Waals surface area contributed by atoms with Crippen LogP contribution in [0.3, 0.4) is 0 Å². The lowest BCUT2D eigenvalue weighted by atomic mass is 10.2. The average Bonchev–Trinajstić information content (AvgIpc) is 2.31. The van der Waals surface area contributed by atoms with Crippen LogP contribution >= 0.6 is 0 Å². The molecule has 4 heteroatoms. The molecule has 94 valence electrons. The minimum atomic E-state index is 0.567. The number of nitrogens with one attached hydrogen (secondary N) is 1. The Morgan fingerprint density at radius 1 is 1.53 bits per heavy atom. The van der Waals surface area contributed by atoms with E-state index in [1.54, 1.807) is 7.11 Å². The number of aromatic nitrogens is 1. The minimum absolute atomic E-state index is 0.567. The summed E-state index contributed by atoms with van der Waals surface area (Å²) in [7, 11) is 1.70.